The molecule has 0 unspecified atom stereocenters. The lowest BCUT2D eigenvalue weighted by atomic mass is 10.1. The Morgan fingerprint density at radius 2 is 1.75 bits per heavy atom. The van der Waals surface area contributed by atoms with Crippen molar-refractivity contribution >= 4 is 17.4 Å². The van der Waals surface area contributed by atoms with E-state index in [-0.39, 0.29) is 11.2 Å². The van der Waals surface area contributed by atoms with Crippen LogP contribution in [-0.4, -0.2) is 21.4 Å². The zero-order valence-electron chi connectivity index (χ0n) is 13.7. The molecule has 24 heavy (non-hydrogen) atoms. The van der Waals surface area contributed by atoms with Crippen LogP contribution in [0.4, 0.5) is 24.7 Å². The van der Waals surface area contributed by atoms with E-state index in [1.165, 1.54) is 6.07 Å². The predicted molar refractivity (Wildman–Crippen MR) is 84.4 cm³/mol. The number of aryl methyl sites for hydroxylation is 1. The number of benzene rings is 1. The normalized spacial score (nSPS) is 11.3. The largest absolute Gasteiger partial charge is 0.365 e. The third-order valence-electron chi connectivity index (χ3n) is 2.86. The zero-order chi connectivity index (χ0) is 18.1. The van der Waals surface area contributed by atoms with E-state index >= 15 is 0 Å². The maximum absolute atomic E-state index is 13.6. The van der Waals surface area contributed by atoms with Crippen LogP contribution in [0.5, 0.6) is 0 Å². The van der Waals surface area contributed by atoms with Crippen LogP contribution in [0.15, 0.2) is 18.2 Å². The van der Waals surface area contributed by atoms with Crippen molar-refractivity contribution in [1.82, 2.24) is 9.97 Å². The maximum atomic E-state index is 13.6. The molecule has 2 N–H and O–H groups in total. The maximum Gasteiger partial charge on any atom is 0.274 e. The molecule has 5 nitrogen and oxygen atoms in total. The molecule has 0 radical (unpaired) electrons. The molecule has 8 heteroatoms. The van der Waals surface area contributed by atoms with E-state index in [0.717, 1.165) is 12.1 Å². The highest BCUT2D eigenvalue weighted by molar-refractivity contribution is 6.03. The first kappa shape index (κ1) is 17.7. The van der Waals surface area contributed by atoms with Crippen molar-refractivity contribution in [2.75, 3.05) is 10.6 Å². The van der Waals surface area contributed by atoms with Crippen LogP contribution in [0.2, 0.25) is 0 Å². The number of hydrogen-bond acceptors (Lipinski definition) is 4. The fraction of sp³-hybridized carbons (Fsp3) is 0.312. The molecule has 1 amide bonds. The van der Waals surface area contributed by atoms with E-state index in [2.05, 4.69) is 20.6 Å². The summed E-state index contributed by atoms with van der Waals surface area (Å²) in [6.45, 7) is 7.35. The van der Waals surface area contributed by atoms with Crippen molar-refractivity contribution < 1.29 is 18.0 Å². The Hall–Kier alpha value is -2.64. The van der Waals surface area contributed by atoms with Crippen molar-refractivity contribution in [3.05, 3.63) is 47.2 Å². The zero-order valence-corrected chi connectivity index (χ0v) is 13.7. The molecule has 0 aliphatic rings. The molecular formula is C16H17F3N4O. The quantitative estimate of drug-likeness (QED) is 0.838. The first-order valence-electron chi connectivity index (χ1n) is 7.15. The van der Waals surface area contributed by atoms with Gasteiger partial charge in [-0.2, -0.15) is 0 Å². The minimum atomic E-state index is -1.65. The van der Waals surface area contributed by atoms with E-state index in [0.29, 0.717) is 11.6 Å². The number of halogens is 3. The average Bonchev–Trinajstić information content (AvgIpc) is 2.45. The van der Waals surface area contributed by atoms with Gasteiger partial charge in [0.15, 0.2) is 17.5 Å². The lowest BCUT2D eigenvalue weighted by Crippen LogP contribution is -2.27. The van der Waals surface area contributed by atoms with Gasteiger partial charge in [0.25, 0.3) is 5.91 Å². The number of rotatable bonds is 3. The average molecular weight is 338 g/mol. The summed E-state index contributed by atoms with van der Waals surface area (Å²) in [7, 11) is 0. The monoisotopic (exact) mass is 338 g/mol. The number of nitrogens with zero attached hydrogens (tertiary/aromatic N) is 2. The Bertz CT molecular complexity index is 788. The van der Waals surface area contributed by atoms with Crippen LogP contribution >= 0.6 is 0 Å². The number of hydrogen-bond donors (Lipinski definition) is 2. The summed E-state index contributed by atoms with van der Waals surface area (Å²) in [5, 5.41) is 5.27. The standard InChI is InChI=1S/C16H17F3N4O/c1-8-20-11(7-12(21-8)23-16(2,3)4)15(24)22-10-6-5-9(17)13(18)14(10)19/h5-7H,1-4H3,(H,22,24)(H,20,21,23). The van der Waals surface area contributed by atoms with Gasteiger partial charge in [-0.05, 0) is 39.8 Å². The van der Waals surface area contributed by atoms with Gasteiger partial charge < -0.3 is 10.6 Å². The highest BCUT2D eigenvalue weighted by atomic mass is 19.2. The third kappa shape index (κ3) is 4.21. The molecule has 0 aliphatic carbocycles. The van der Waals surface area contributed by atoms with Gasteiger partial charge in [-0.15, -0.1) is 0 Å². The molecule has 1 heterocycles. The van der Waals surface area contributed by atoms with Gasteiger partial charge in [-0.3, -0.25) is 4.79 Å². The number of nitrogens with one attached hydrogen (secondary N) is 2. The molecular weight excluding hydrogens is 321 g/mol. The lowest BCUT2D eigenvalue weighted by molar-refractivity contribution is 0.102. The Labute approximate surface area is 137 Å². The molecule has 2 rings (SSSR count). The van der Waals surface area contributed by atoms with Crippen molar-refractivity contribution in [3.63, 3.8) is 0 Å². The molecule has 0 fully saturated rings. The fourth-order valence-electron chi connectivity index (χ4n) is 1.94. The van der Waals surface area contributed by atoms with Gasteiger partial charge in [-0.25, -0.2) is 23.1 Å². The second-order valence-corrected chi connectivity index (χ2v) is 6.24. The summed E-state index contributed by atoms with van der Waals surface area (Å²) < 4.78 is 39.8. The summed E-state index contributed by atoms with van der Waals surface area (Å²) in [6.07, 6.45) is 0. The highest BCUT2D eigenvalue weighted by Crippen LogP contribution is 2.21. The smallest absolute Gasteiger partial charge is 0.274 e. The van der Waals surface area contributed by atoms with Crippen LogP contribution in [0.3, 0.4) is 0 Å². The molecule has 0 spiro atoms. The summed E-state index contributed by atoms with van der Waals surface area (Å²) in [5.41, 5.74) is -0.792. The SMILES string of the molecule is Cc1nc(NC(C)(C)C)cc(C(=O)Nc2ccc(F)c(F)c2F)n1. The molecule has 1 aromatic carbocycles. The van der Waals surface area contributed by atoms with Crippen LogP contribution in [0, 0.1) is 24.4 Å². The van der Waals surface area contributed by atoms with Gasteiger partial charge in [0.05, 0.1) is 5.69 Å². The van der Waals surface area contributed by atoms with Crippen LogP contribution in [0.1, 0.15) is 37.1 Å². The number of anilines is 2. The number of amides is 1. The molecule has 2 aromatic rings. The van der Waals surface area contributed by atoms with E-state index in [1.807, 2.05) is 20.8 Å². The molecule has 0 aliphatic heterocycles. The van der Waals surface area contributed by atoms with Gasteiger partial charge >= 0.3 is 0 Å². The van der Waals surface area contributed by atoms with E-state index in [4.69, 9.17) is 0 Å². The molecule has 0 bridgehead atoms. The Kier molecular flexibility index (Phi) is 4.77. The van der Waals surface area contributed by atoms with Crippen molar-refractivity contribution in [2.45, 2.75) is 33.2 Å². The van der Waals surface area contributed by atoms with E-state index in [1.54, 1.807) is 6.92 Å². The third-order valence-corrected chi connectivity index (χ3v) is 2.86. The molecule has 1 aromatic heterocycles. The summed E-state index contributed by atoms with van der Waals surface area (Å²) in [4.78, 5) is 20.4. The predicted octanol–water partition coefficient (Wildman–Crippen LogP) is 3.67. The lowest BCUT2D eigenvalue weighted by Gasteiger charge is -2.21. The number of aromatic nitrogens is 2. The van der Waals surface area contributed by atoms with Crippen LogP contribution in [-0.2, 0) is 0 Å². The second-order valence-electron chi connectivity index (χ2n) is 6.24. The number of carbonyl (C=O) groups is 1. The minimum absolute atomic E-state index is 0.0293. The molecule has 128 valence electrons. The van der Waals surface area contributed by atoms with E-state index in [9.17, 15) is 18.0 Å². The fourth-order valence-corrected chi connectivity index (χ4v) is 1.94. The Morgan fingerprint density at radius 1 is 1.08 bits per heavy atom. The minimum Gasteiger partial charge on any atom is -0.365 e. The van der Waals surface area contributed by atoms with Crippen LogP contribution < -0.4 is 10.6 Å². The van der Waals surface area contributed by atoms with Crippen molar-refractivity contribution in [2.24, 2.45) is 0 Å². The molecule has 0 atom stereocenters. The summed E-state index contributed by atoms with van der Waals surface area (Å²) in [5.74, 6) is -4.46. The first-order chi connectivity index (χ1) is 11.1. The van der Waals surface area contributed by atoms with E-state index < -0.39 is 29.0 Å². The van der Waals surface area contributed by atoms with Crippen molar-refractivity contribution in [3.8, 4) is 0 Å². The Morgan fingerprint density at radius 3 is 2.38 bits per heavy atom. The summed E-state index contributed by atoms with van der Waals surface area (Å²) >= 11 is 0. The van der Waals surface area contributed by atoms with Gasteiger partial charge in [0, 0.05) is 11.6 Å². The Balaban J connectivity index is 2.29. The second kappa shape index (κ2) is 6.46. The molecule has 0 saturated carbocycles. The van der Waals surface area contributed by atoms with Gasteiger partial charge in [0.1, 0.15) is 17.3 Å². The van der Waals surface area contributed by atoms with Crippen LogP contribution in [0.25, 0.3) is 0 Å². The van der Waals surface area contributed by atoms with Gasteiger partial charge in [-0.1, -0.05) is 0 Å². The first-order valence-corrected chi connectivity index (χ1v) is 7.15. The number of carbonyl (C=O) groups excluding carboxylic acids is 1. The molecule has 0 saturated heterocycles. The summed E-state index contributed by atoms with van der Waals surface area (Å²) in [6, 6.07) is 3.06. The van der Waals surface area contributed by atoms with Gasteiger partial charge in [0.2, 0.25) is 0 Å². The highest BCUT2D eigenvalue weighted by Gasteiger charge is 2.18. The van der Waals surface area contributed by atoms with Crippen molar-refractivity contribution in [1.29, 1.82) is 0 Å². The topological polar surface area (TPSA) is 66.9 Å².